The summed E-state index contributed by atoms with van der Waals surface area (Å²) in [6.07, 6.45) is 6.73. The van der Waals surface area contributed by atoms with E-state index in [2.05, 4.69) is 28.4 Å². The lowest BCUT2D eigenvalue weighted by Gasteiger charge is -2.30. The molecule has 0 spiro atoms. The maximum absolute atomic E-state index is 13.1. The number of para-hydroxylation sites is 2. The molecule has 2 aromatic carbocycles. The zero-order chi connectivity index (χ0) is 19.8. The molecule has 0 saturated carbocycles. The molecule has 7 heteroatoms. The van der Waals surface area contributed by atoms with Gasteiger partial charge in [-0.25, -0.2) is 13.1 Å². The van der Waals surface area contributed by atoms with Crippen molar-refractivity contribution >= 4 is 20.9 Å². The maximum atomic E-state index is 13.1. The van der Waals surface area contributed by atoms with Gasteiger partial charge >= 0.3 is 0 Å². The second-order valence-electron chi connectivity index (χ2n) is 7.42. The van der Waals surface area contributed by atoms with E-state index in [1.54, 1.807) is 15.2 Å². The van der Waals surface area contributed by atoms with Gasteiger partial charge in [0.2, 0.25) is 10.0 Å². The van der Waals surface area contributed by atoms with Gasteiger partial charge in [-0.15, -0.1) is 0 Å². The first-order valence-electron chi connectivity index (χ1n) is 9.79. The summed E-state index contributed by atoms with van der Waals surface area (Å²) in [7, 11) is -3.54. The summed E-state index contributed by atoms with van der Waals surface area (Å²) in [5, 5.41) is 5.48. The highest BCUT2D eigenvalue weighted by Crippen LogP contribution is 2.34. The molecule has 1 fully saturated rings. The third kappa shape index (κ3) is 3.26. The number of nitrogens with zero attached hydrogens (tertiary/aromatic N) is 3. The van der Waals surface area contributed by atoms with Gasteiger partial charge < -0.3 is 4.98 Å². The third-order valence-electron chi connectivity index (χ3n) is 5.73. The Morgan fingerprint density at radius 1 is 0.966 bits per heavy atom. The van der Waals surface area contributed by atoms with Crippen LogP contribution in [0.25, 0.3) is 16.6 Å². The summed E-state index contributed by atoms with van der Waals surface area (Å²) < 4.78 is 29.4. The number of fused-ring (bicyclic) bond motifs is 1. The molecule has 3 heterocycles. The van der Waals surface area contributed by atoms with Crippen LogP contribution in [0.4, 0.5) is 0 Å². The Balaban J connectivity index is 1.33. The second kappa shape index (κ2) is 7.17. The molecule has 2 aromatic heterocycles. The molecule has 0 bridgehead atoms. The molecular weight excluding hydrogens is 384 g/mol. The van der Waals surface area contributed by atoms with Crippen LogP contribution in [0.5, 0.6) is 0 Å². The molecule has 0 amide bonds. The van der Waals surface area contributed by atoms with E-state index in [1.165, 1.54) is 17.1 Å². The van der Waals surface area contributed by atoms with E-state index < -0.39 is 10.0 Å². The highest BCUT2D eigenvalue weighted by Gasteiger charge is 2.31. The van der Waals surface area contributed by atoms with Crippen molar-refractivity contribution in [2.24, 2.45) is 0 Å². The van der Waals surface area contributed by atoms with Gasteiger partial charge in [-0.1, -0.05) is 36.4 Å². The average molecular weight is 407 g/mol. The molecule has 0 atom stereocenters. The highest BCUT2D eigenvalue weighted by molar-refractivity contribution is 7.89. The van der Waals surface area contributed by atoms with Crippen molar-refractivity contribution in [3.05, 3.63) is 78.8 Å². The van der Waals surface area contributed by atoms with Crippen molar-refractivity contribution in [3.8, 4) is 5.69 Å². The number of piperidine rings is 1. The minimum atomic E-state index is -3.54. The lowest BCUT2D eigenvalue weighted by atomic mass is 9.90. The number of sulfonamides is 1. The minimum Gasteiger partial charge on any atom is -0.361 e. The zero-order valence-electron chi connectivity index (χ0n) is 15.9. The lowest BCUT2D eigenvalue weighted by Crippen LogP contribution is -2.37. The Morgan fingerprint density at radius 3 is 2.48 bits per heavy atom. The van der Waals surface area contributed by atoms with Crippen LogP contribution >= 0.6 is 0 Å². The van der Waals surface area contributed by atoms with Crippen LogP contribution in [0.1, 0.15) is 24.3 Å². The zero-order valence-corrected chi connectivity index (χ0v) is 16.7. The van der Waals surface area contributed by atoms with Gasteiger partial charge in [0.05, 0.1) is 18.1 Å². The number of hydrogen-bond acceptors (Lipinski definition) is 3. The number of aromatic amines is 1. The molecule has 1 N–H and O–H groups in total. The van der Waals surface area contributed by atoms with Gasteiger partial charge in [-0.05, 0) is 42.5 Å². The molecule has 6 nitrogen and oxygen atoms in total. The number of hydrogen-bond donors (Lipinski definition) is 1. The van der Waals surface area contributed by atoms with Crippen LogP contribution in [-0.2, 0) is 10.0 Å². The molecule has 0 aliphatic carbocycles. The highest BCUT2D eigenvalue weighted by atomic mass is 32.2. The van der Waals surface area contributed by atoms with Gasteiger partial charge in [0.15, 0.2) is 0 Å². The standard InChI is InChI=1S/C22H22N4O2S/c27-29(28,19-14-24-26(16-19)18-6-2-1-3-7-18)25-12-10-17(11-13-25)21-15-23-22-9-5-4-8-20(21)22/h1-9,14-17,23H,10-13H2. The topological polar surface area (TPSA) is 71.0 Å². The number of benzene rings is 2. The Labute approximate surface area is 169 Å². The van der Waals surface area contributed by atoms with E-state index in [9.17, 15) is 8.42 Å². The molecule has 1 aliphatic rings. The summed E-state index contributed by atoms with van der Waals surface area (Å²) in [4.78, 5) is 3.57. The van der Waals surface area contributed by atoms with Crippen LogP contribution in [-0.4, -0.2) is 40.6 Å². The number of H-pyrrole nitrogens is 1. The van der Waals surface area contributed by atoms with Crippen LogP contribution < -0.4 is 0 Å². The maximum Gasteiger partial charge on any atom is 0.246 e. The van der Waals surface area contributed by atoms with E-state index in [-0.39, 0.29) is 4.90 Å². The first-order chi connectivity index (χ1) is 14.1. The summed E-state index contributed by atoms with van der Waals surface area (Å²) in [5.41, 5.74) is 3.26. The predicted molar refractivity (Wildman–Crippen MR) is 113 cm³/mol. The van der Waals surface area contributed by atoms with E-state index in [4.69, 9.17) is 0 Å². The Hall–Kier alpha value is -2.90. The van der Waals surface area contributed by atoms with Crippen LogP contribution in [0.2, 0.25) is 0 Å². The fourth-order valence-corrected chi connectivity index (χ4v) is 5.55. The molecule has 0 radical (unpaired) electrons. The number of rotatable bonds is 4. The van der Waals surface area contributed by atoms with E-state index >= 15 is 0 Å². The Bertz CT molecular complexity index is 1240. The number of aromatic nitrogens is 3. The molecular formula is C22H22N4O2S. The molecule has 5 rings (SSSR count). The Morgan fingerprint density at radius 2 is 1.69 bits per heavy atom. The summed E-state index contributed by atoms with van der Waals surface area (Å²) >= 11 is 0. The monoisotopic (exact) mass is 406 g/mol. The van der Waals surface area contributed by atoms with E-state index in [0.29, 0.717) is 19.0 Å². The summed E-state index contributed by atoms with van der Waals surface area (Å²) in [6.45, 7) is 1.03. The normalized spacial score (nSPS) is 16.4. The van der Waals surface area contributed by atoms with Crippen molar-refractivity contribution < 1.29 is 8.42 Å². The minimum absolute atomic E-state index is 0.242. The summed E-state index contributed by atoms with van der Waals surface area (Å²) in [5.74, 6) is 0.365. The quantitative estimate of drug-likeness (QED) is 0.558. The second-order valence-corrected chi connectivity index (χ2v) is 9.36. The average Bonchev–Trinajstić information content (AvgIpc) is 3.43. The van der Waals surface area contributed by atoms with E-state index in [0.717, 1.165) is 24.0 Å². The van der Waals surface area contributed by atoms with Gasteiger partial charge in [0.25, 0.3) is 0 Å². The smallest absolute Gasteiger partial charge is 0.246 e. The predicted octanol–water partition coefficient (Wildman–Crippen LogP) is 3.92. The lowest BCUT2D eigenvalue weighted by molar-refractivity contribution is 0.320. The third-order valence-corrected chi connectivity index (χ3v) is 7.58. The first kappa shape index (κ1) is 18.1. The van der Waals surface area contributed by atoms with Gasteiger partial charge in [-0.3, -0.25) is 0 Å². The molecule has 148 valence electrons. The van der Waals surface area contributed by atoms with Gasteiger partial charge in [-0.2, -0.15) is 9.40 Å². The first-order valence-corrected chi connectivity index (χ1v) is 11.2. The SMILES string of the molecule is O=S(=O)(c1cnn(-c2ccccc2)c1)N1CCC(c2c[nH]c3ccccc23)CC1. The van der Waals surface area contributed by atoms with Crippen LogP contribution in [0, 0.1) is 0 Å². The molecule has 4 aromatic rings. The molecule has 0 unspecified atom stereocenters. The van der Waals surface area contributed by atoms with Crippen molar-refractivity contribution in [3.63, 3.8) is 0 Å². The fourth-order valence-electron chi connectivity index (χ4n) is 4.15. The van der Waals surface area contributed by atoms with Crippen LogP contribution in [0.15, 0.2) is 78.1 Å². The van der Waals surface area contributed by atoms with Crippen molar-refractivity contribution in [2.75, 3.05) is 13.1 Å². The molecule has 1 aliphatic heterocycles. The molecule has 29 heavy (non-hydrogen) atoms. The van der Waals surface area contributed by atoms with Crippen LogP contribution in [0.3, 0.4) is 0 Å². The van der Waals surface area contributed by atoms with Crippen molar-refractivity contribution in [1.82, 2.24) is 19.1 Å². The summed E-state index contributed by atoms with van der Waals surface area (Å²) in [6, 6.07) is 17.8. The Kier molecular flexibility index (Phi) is 4.49. The van der Waals surface area contributed by atoms with Gasteiger partial charge in [0.1, 0.15) is 4.90 Å². The number of nitrogens with one attached hydrogen (secondary N) is 1. The van der Waals surface area contributed by atoms with Crippen molar-refractivity contribution in [2.45, 2.75) is 23.7 Å². The van der Waals surface area contributed by atoms with E-state index in [1.807, 2.05) is 42.5 Å². The largest absolute Gasteiger partial charge is 0.361 e. The molecule has 1 saturated heterocycles. The van der Waals surface area contributed by atoms with Gasteiger partial charge in [0, 0.05) is 30.2 Å². The van der Waals surface area contributed by atoms with Crippen molar-refractivity contribution in [1.29, 1.82) is 0 Å². The fraction of sp³-hybridized carbons (Fsp3) is 0.227.